The van der Waals surface area contributed by atoms with Gasteiger partial charge < -0.3 is 19.9 Å². The first kappa shape index (κ1) is 31.1. The van der Waals surface area contributed by atoms with Crippen molar-refractivity contribution in [3.8, 4) is 10.4 Å². The van der Waals surface area contributed by atoms with Crippen molar-refractivity contribution in [1.29, 1.82) is 0 Å². The number of aryl methyl sites for hydroxylation is 1. The van der Waals surface area contributed by atoms with Gasteiger partial charge in [0.1, 0.15) is 18.2 Å². The smallest absolute Gasteiger partial charge is 0.255 e. The van der Waals surface area contributed by atoms with Gasteiger partial charge in [0.25, 0.3) is 5.91 Å². The molecule has 0 spiro atoms. The molecule has 2 atom stereocenters. The molecule has 1 saturated heterocycles. The number of carbonyl (C=O) groups is 3. The Labute approximate surface area is 240 Å². The van der Waals surface area contributed by atoms with E-state index in [4.69, 9.17) is 0 Å². The summed E-state index contributed by atoms with van der Waals surface area (Å²) in [5.41, 5.74) is 6.03. The molecule has 2 amide bonds. The first-order chi connectivity index (χ1) is 19.2. The highest BCUT2D eigenvalue weighted by Gasteiger charge is 2.43. The number of aromatic nitrogens is 1. The number of thiazole rings is 1. The minimum absolute atomic E-state index is 0.0323. The van der Waals surface area contributed by atoms with Crippen LogP contribution in [0.15, 0.2) is 65.5 Å². The largest absolute Gasteiger partial charge is 0.331 e. The van der Waals surface area contributed by atoms with Crippen LogP contribution in [0.3, 0.4) is 0 Å². The molecule has 4 rings (SSSR count). The Kier molecular flexibility index (Phi) is 11.1. The molecule has 7 nitrogen and oxygen atoms in total. The molecule has 2 unspecified atom stereocenters. The van der Waals surface area contributed by atoms with Gasteiger partial charge in [-0.15, -0.1) is 11.3 Å². The number of amides is 2. The lowest BCUT2D eigenvalue weighted by atomic mass is 10.0. The number of hydrogen-bond acceptors (Lipinski definition) is 6. The number of allylic oxidation sites excluding steroid dienone is 1. The summed E-state index contributed by atoms with van der Waals surface area (Å²) in [6.07, 6.45) is 4.83. The average molecular weight is 567 g/mol. The molecule has 3 heterocycles. The highest BCUT2D eigenvalue weighted by Crippen LogP contribution is 2.32. The van der Waals surface area contributed by atoms with Crippen molar-refractivity contribution in [3.05, 3.63) is 76.7 Å². The van der Waals surface area contributed by atoms with Crippen molar-refractivity contribution in [2.75, 3.05) is 20.1 Å². The standard InChI is InChI=1S/C19H25FN2O3.C12H14N2S/c1-5-14-15(16(20)6-2)10-22(18(14)24)17(12(3)4)19(25)21-9-7-8-13(21)11-23;1-9-12(15-8-14-9)11-5-3-10(4-6-11)7-13-2/h5-6,11-13,17H,1,7-10H2,2-4H3;3-6,8,13H,7H2,1-2H3/b16-6+;. The maximum absolute atomic E-state index is 14.1. The van der Waals surface area contributed by atoms with Crippen molar-refractivity contribution < 1.29 is 18.8 Å². The lowest BCUT2D eigenvalue weighted by Gasteiger charge is -2.34. The Morgan fingerprint density at radius 1 is 1.30 bits per heavy atom. The minimum atomic E-state index is -0.731. The molecule has 214 valence electrons. The molecule has 2 aromatic rings. The van der Waals surface area contributed by atoms with E-state index >= 15 is 0 Å². The van der Waals surface area contributed by atoms with Crippen molar-refractivity contribution in [3.63, 3.8) is 0 Å². The van der Waals surface area contributed by atoms with Crippen molar-refractivity contribution in [1.82, 2.24) is 20.1 Å². The van der Waals surface area contributed by atoms with Crippen LogP contribution < -0.4 is 5.32 Å². The second-order valence-electron chi connectivity index (χ2n) is 10.2. The fourth-order valence-corrected chi connectivity index (χ4v) is 5.95. The van der Waals surface area contributed by atoms with E-state index < -0.39 is 23.8 Å². The summed E-state index contributed by atoms with van der Waals surface area (Å²) in [5, 5.41) is 3.14. The number of carbonyl (C=O) groups excluding carboxylic acids is 3. The van der Waals surface area contributed by atoms with Crippen LogP contribution in [0.5, 0.6) is 0 Å². The Morgan fingerprint density at radius 2 is 2.00 bits per heavy atom. The van der Waals surface area contributed by atoms with E-state index in [0.717, 1.165) is 24.9 Å². The SMILES string of the molecule is C=CC1=C(/C(F)=C\C)CN(C(C(=O)N2CCCC2C=O)C(C)C)C1=O.CNCc1ccc(-c2scnc2C)cc1. The monoisotopic (exact) mass is 566 g/mol. The van der Waals surface area contributed by atoms with Crippen molar-refractivity contribution >= 4 is 29.4 Å². The molecule has 0 bridgehead atoms. The van der Waals surface area contributed by atoms with E-state index in [9.17, 15) is 18.8 Å². The molecular weight excluding hydrogens is 527 g/mol. The third-order valence-corrected chi connectivity index (χ3v) is 8.17. The summed E-state index contributed by atoms with van der Waals surface area (Å²) in [6.45, 7) is 12.4. The van der Waals surface area contributed by atoms with Gasteiger partial charge in [0.2, 0.25) is 5.91 Å². The summed E-state index contributed by atoms with van der Waals surface area (Å²) >= 11 is 1.70. The zero-order valence-electron chi connectivity index (χ0n) is 23.9. The van der Waals surface area contributed by atoms with Crippen LogP contribution in [0.4, 0.5) is 4.39 Å². The number of halogens is 1. The van der Waals surface area contributed by atoms with Crippen molar-refractivity contribution in [2.45, 2.75) is 59.2 Å². The Hall–Kier alpha value is -3.43. The predicted octanol–water partition coefficient (Wildman–Crippen LogP) is 5.24. The van der Waals surface area contributed by atoms with Gasteiger partial charge in [-0.05, 0) is 50.8 Å². The van der Waals surface area contributed by atoms with Gasteiger partial charge in [0.15, 0.2) is 0 Å². The molecule has 1 aromatic heterocycles. The average Bonchev–Trinajstić information content (AvgIpc) is 3.68. The number of rotatable bonds is 9. The Morgan fingerprint density at radius 3 is 2.52 bits per heavy atom. The van der Waals surface area contributed by atoms with E-state index in [1.807, 2.05) is 33.3 Å². The van der Waals surface area contributed by atoms with Gasteiger partial charge in [0, 0.05) is 24.2 Å². The van der Waals surface area contributed by atoms with E-state index in [0.29, 0.717) is 13.0 Å². The van der Waals surface area contributed by atoms with Gasteiger partial charge in [-0.1, -0.05) is 56.8 Å². The van der Waals surface area contributed by atoms with Crippen LogP contribution in [0.25, 0.3) is 10.4 Å². The van der Waals surface area contributed by atoms with Crippen LogP contribution in [0, 0.1) is 12.8 Å². The number of aldehydes is 1. The Bertz CT molecular complexity index is 1280. The van der Waals surface area contributed by atoms with E-state index in [1.165, 1.54) is 33.1 Å². The van der Waals surface area contributed by atoms with Crippen LogP contribution in [0.2, 0.25) is 0 Å². The molecule has 1 fully saturated rings. The van der Waals surface area contributed by atoms with E-state index in [2.05, 4.69) is 41.1 Å². The molecule has 1 aromatic carbocycles. The molecule has 2 aliphatic rings. The second kappa shape index (κ2) is 14.3. The van der Waals surface area contributed by atoms with Crippen LogP contribution >= 0.6 is 11.3 Å². The van der Waals surface area contributed by atoms with Gasteiger partial charge in [-0.2, -0.15) is 0 Å². The van der Waals surface area contributed by atoms with Crippen LogP contribution in [0.1, 0.15) is 44.9 Å². The quantitative estimate of drug-likeness (QED) is 0.420. The number of nitrogens with one attached hydrogen (secondary N) is 1. The topological polar surface area (TPSA) is 82.6 Å². The second-order valence-corrected chi connectivity index (χ2v) is 11.1. The van der Waals surface area contributed by atoms with Crippen LogP contribution in [-0.2, 0) is 20.9 Å². The summed E-state index contributed by atoms with van der Waals surface area (Å²) in [6, 6.07) is 7.46. The number of hydrogen-bond donors (Lipinski definition) is 1. The highest BCUT2D eigenvalue weighted by molar-refractivity contribution is 7.13. The normalized spacial score (nSPS) is 18.2. The Balaban J connectivity index is 0.000000249. The van der Waals surface area contributed by atoms with Crippen LogP contribution in [-0.4, -0.2) is 65.1 Å². The van der Waals surface area contributed by atoms with Gasteiger partial charge in [-0.25, -0.2) is 9.37 Å². The summed E-state index contributed by atoms with van der Waals surface area (Å²) in [7, 11) is 1.96. The lowest BCUT2D eigenvalue weighted by molar-refractivity contribution is -0.146. The summed E-state index contributed by atoms with van der Waals surface area (Å²) < 4.78 is 14.1. The van der Waals surface area contributed by atoms with E-state index in [-0.39, 0.29) is 29.5 Å². The molecule has 2 aliphatic heterocycles. The third-order valence-electron chi connectivity index (χ3n) is 7.19. The molecule has 0 aliphatic carbocycles. The van der Waals surface area contributed by atoms with E-state index in [1.54, 1.807) is 23.2 Å². The number of benzene rings is 1. The third kappa shape index (κ3) is 6.82. The maximum atomic E-state index is 14.1. The summed E-state index contributed by atoms with van der Waals surface area (Å²) in [5.74, 6) is -1.28. The molecule has 0 radical (unpaired) electrons. The highest BCUT2D eigenvalue weighted by atomic mass is 32.1. The zero-order chi connectivity index (χ0) is 29.4. The first-order valence-electron chi connectivity index (χ1n) is 13.6. The number of likely N-dealkylation sites (tertiary alicyclic amines) is 1. The fourth-order valence-electron chi connectivity index (χ4n) is 5.14. The molecule has 1 N–H and O–H groups in total. The molecule has 9 heteroatoms. The number of nitrogens with zero attached hydrogens (tertiary/aromatic N) is 3. The fraction of sp³-hybridized carbons (Fsp3) is 0.419. The van der Waals surface area contributed by atoms with Gasteiger partial charge in [0.05, 0.1) is 28.7 Å². The molecule has 40 heavy (non-hydrogen) atoms. The summed E-state index contributed by atoms with van der Waals surface area (Å²) in [4.78, 5) is 45.5. The van der Waals surface area contributed by atoms with Crippen molar-refractivity contribution in [2.24, 2.45) is 5.92 Å². The minimum Gasteiger partial charge on any atom is -0.331 e. The lowest BCUT2D eigenvalue weighted by Crippen LogP contribution is -2.53. The first-order valence-corrected chi connectivity index (χ1v) is 14.4. The predicted molar refractivity (Wildman–Crippen MR) is 158 cm³/mol. The molecule has 0 saturated carbocycles. The maximum Gasteiger partial charge on any atom is 0.255 e. The zero-order valence-corrected chi connectivity index (χ0v) is 24.8. The molecular formula is C31H39FN4O3S. The van der Waals surface area contributed by atoms with Gasteiger partial charge in [-0.3, -0.25) is 9.59 Å². The van der Waals surface area contributed by atoms with Gasteiger partial charge >= 0.3 is 0 Å².